The molecule has 1 atom stereocenters. The quantitative estimate of drug-likeness (QED) is 0.468. The zero-order valence-electron chi connectivity index (χ0n) is 6.57. The van der Waals surface area contributed by atoms with Crippen LogP contribution < -0.4 is 0 Å². The van der Waals surface area contributed by atoms with E-state index >= 15 is 0 Å². The largest absolute Gasteiger partial charge is 0.291 e. The molecule has 0 aliphatic heterocycles. The van der Waals surface area contributed by atoms with Crippen molar-refractivity contribution in [1.29, 1.82) is 0 Å². The predicted molar refractivity (Wildman–Crippen MR) is 42.0 cm³/mol. The van der Waals surface area contributed by atoms with Crippen LogP contribution in [0.2, 0.25) is 0 Å². The summed E-state index contributed by atoms with van der Waals surface area (Å²) in [5.74, 6) is 0. The van der Waals surface area contributed by atoms with Gasteiger partial charge in [-0.25, -0.2) is 0 Å². The minimum atomic E-state index is -9.32. The van der Waals surface area contributed by atoms with Crippen molar-refractivity contribution >= 4 is 10.2 Å². The minimum Gasteiger partial charge on any atom is -0.102 e. The molecule has 0 aliphatic carbocycles. The van der Waals surface area contributed by atoms with Crippen molar-refractivity contribution < 1.29 is 19.4 Å². The third-order valence-electron chi connectivity index (χ3n) is 1.41. The van der Waals surface area contributed by atoms with Crippen LogP contribution in [0.15, 0.2) is 12.7 Å². The van der Waals surface area contributed by atoms with Crippen LogP contribution in [-0.2, 0) is 0 Å². The molecule has 0 N–H and O–H groups in total. The summed E-state index contributed by atoms with van der Waals surface area (Å²) in [4.78, 5) is 0. The van der Waals surface area contributed by atoms with Crippen molar-refractivity contribution in [1.82, 2.24) is 0 Å². The molecule has 0 fully saturated rings. The van der Waals surface area contributed by atoms with Crippen LogP contribution >= 0.6 is 10.2 Å². The summed E-state index contributed by atoms with van der Waals surface area (Å²) in [6, 6.07) is 0. The van der Waals surface area contributed by atoms with Gasteiger partial charge < -0.3 is 0 Å². The number of hydrogen-bond donors (Lipinski definition) is 0. The topological polar surface area (TPSA) is 0 Å². The van der Waals surface area contributed by atoms with Crippen molar-refractivity contribution in [2.45, 2.75) is 25.0 Å². The lowest BCUT2D eigenvalue weighted by Crippen LogP contribution is -2.22. The van der Waals surface area contributed by atoms with Crippen molar-refractivity contribution in [2.75, 3.05) is 0 Å². The van der Waals surface area contributed by atoms with Gasteiger partial charge in [0, 0.05) is 0 Å². The van der Waals surface area contributed by atoms with Crippen molar-refractivity contribution in [3.63, 3.8) is 0 Å². The minimum absolute atomic E-state index is 0.0578. The van der Waals surface area contributed by atoms with Gasteiger partial charge in [-0.15, -0.1) is 6.58 Å². The van der Waals surface area contributed by atoms with Gasteiger partial charge in [-0.2, -0.15) is 0 Å². The summed E-state index contributed by atoms with van der Waals surface area (Å²) in [5, 5.41) is -2.64. The maximum atomic E-state index is 12.0. The summed E-state index contributed by atoms with van der Waals surface area (Å²) < 4.78 is 60.0. The van der Waals surface area contributed by atoms with E-state index in [2.05, 4.69) is 6.58 Å². The maximum Gasteiger partial charge on any atom is 0.291 e. The molecule has 0 aromatic rings. The van der Waals surface area contributed by atoms with E-state index in [9.17, 15) is 19.4 Å². The molecule has 12 heavy (non-hydrogen) atoms. The first kappa shape index (κ1) is 11.7. The maximum absolute atomic E-state index is 12.0. The standard InChI is InChI=1S/C6H11F5S/c1-3-5-6(4-2)12(7,8,9,10)11/h4,6H,2-3,5H2,1H3. The van der Waals surface area contributed by atoms with E-state index in [1.165, 1.54) is 6.92 Å². The molecule has 6 heteroatoms. The first-order chi connectivity index (χ1) is 5.01. The molecule has 0 radical (unpaired) electrons. The second-order valence-corrected chi connectivity index (χ2v) is 5.25. The molecule has 0 rings (SSSR count). The lowest BCUT2D eigenvalue weighted by Gasteiger charge is -2.45. The molecule has 0 heterocycles. The molecule has 0 aromatic carbocycles. The molecule has 76 valence electrons. The Morgan fingerprint density at radius 3 is 1.75 bits per heavy atom. The highest BCUT2D eigenvalue weighted by molar-refractivity contribution is 8.46. The lowest BCUT2D eigenvalue weighted by atomic mass is 10.2. The number of halogens is 5. The molecule has 0 bridgehead atoms. The molecular formula is C6H11F5S. The van der Waals surface area contributed by atoms with Gasteiger partial charge in [0.1, 0.15) is 5.25 Å². The Kier molecular flexibility index (Phi) is 2.32. The van der Waals surface area contributed by atoms with E-state index in [1.54, 1.807) is 0 Å². The molecule has 0 amide bonds. The van der Waals surface area contributed by atoms with Gasteiger partial charge in [-0.3, -0.25) is 0 Å². The SMILES string of the molecule is C=CC(CCC)S(F)(F)(F)(F)F. The molecule has 0 spiro atoms. The Morgan fingerprint density at radius 2 is 1.67 bits per heavy atom. The second-order valence-electron chi connectivity index (χ2n) is 2.59. The first-order valence-electron chi connectivity index (χ1n) is 3.36. The van der Waals surface area contributed by atoms with Crippen molar-refractivity contribution in [2.24, 2.45) is 0 Å². The van der Waals surface area contributed by atoms with Crippen LogP contribution in [0.25, 0.3) is 0 Å². The van der Waals surface area contributed by atoms with Gasteiger partial charge in [0.15, 0.2) is 0 Å². The van der Waals surface area contributed by atoms with E-state index in [-0.39, 0.29) is 12.5 Å². The zero-order chi connectivity index (χ0) is 10.1. The van der Waals surface area contributed by atoms with Gasteiger partial charge in [0.05, 0.1) is 0 Å². The van der Waals surface area contributed by atoms with Crippen LogP contribution in [0.5, 0.6) is 0 Å². The molecule has 0 saturated carbocycles. The van der Waals surface area contributed by atoms with E-state index in [0.717, 1.165) is 0 Å². The first-order valence-corrected chi connectivity index (χ1v) is 5.38. The summed E-state index contributed by atoms with van der Waals surface area (Å²) in [7, 11) is -9.32. The summed E-state index contributed by atoms with van der Waals surface area (Å²) >= 11 is 0. The Hall–Kier alpha value is -0.260. The average Bonchev–Trinajstić information content (AvgIpc) is 1.76. The normalized spacial score (nSPS) is 20.8. The van der Waals surface area contributed by atoms with Gasteiger partial charge >= 0.3 is 0 Å². The zero-order valence-corrected chi connectivity index (χ0v) is 7.39. The van der Waals surface area contributed by atoms with Crippen LogP contribution in [-0.4, -0.2) is 5.25 Å². The second kappa shape index (κ2) is 2.37. The summed E-state index contributed by atoms with van der Waals surface area (Å²) in [6.07, 6.45) is -0.255. The highest BCUT2D eigenvalue weighted by atomic mass is 32.5. The highest BCUT2D eigenvalue weighted by Crippen LogP contribution is 3.00. The fourth-order valence-electron chi connectivity index (χ4n) is 0.807. The third kappa shape index (κ3) is 3.42. The lowest BCUT2D eigenvalue weighted by molar-refractivity contribution is 0.347. The van der Waals surface area contributed by atoms with Crippen LogP contribution in [0.1, 0.15) is 19.8 Å². The van der Waals surface area contributed by atoms with Gasteiger partial charge in [0.25, 0.3) is 10.2 Å². The van der Waals surface area contributed by atoms with Gasteiger partial charge in [-0.1, -0.05) is 38.8 Å². The smallest absolute Gasteiger partial charge is 0.102 e. The van der Waals surface area contributed by atoms with Crippen LogP contribution in [0, 0.1) is 0 Å². The van der Waals surface area contributed by atoms with E-state index in [1.807, 2.05) is 0 Å². The third-order valence-corrected chi connectivity index (χ3v) is 2.98. The Balaban J connectivity index is 4.86. The fraction of sp³-hybridized carbons (Fsp3) is 0.667. The molecule has 0 aliphatic rings. The van der Waals surface area contributed by atoms with E-state index in [4.69, 9.17) is 0 Å². The summed E-state index contributed by atoms with van der Waals surface area (Å²) in [5.41, 5.74) is 0. The number of rotatable bonds is 4. The van der Waals surface area contributed by atoms with Gasteiger partial charge in [-0.05, 0) is 6.42 Å². The van der Waals surface area contributed by atoms with Crippen LogP contribution in [0.3, 0.4) is 0 Å². The predicted octanol–water partition coefficient (Wildman–Crippen LogP) is 4.64. The average molecular weight is 210 g/mol. The van der Waals surface area contributed by atoms with E-state index in [0.29, 0.717) is 0 Å². The highest BCUT2D eigenvalue weighted by Gasteiger charge is 2.68. The molecule has 1 unspecified atom stereocenters. The number of hydrogen-bond acceptors (Lipinski definition) is 0. The fourth-order valence-corrected chi connectivity index (χ4v) is 1.85. The molecule has 0 nitrogen and oxygen atoms in total. The molecular weight excluding hydrogens is 199 g/mol. The van der Waals surface area contributed by atoms with Gasteiger partial charge in [0.2, 0.25) is 0 Å². The molecule has 0 saturated heterocycles. The summed E-state index contributed by atoms with van der Waals surface area (Å²) in [6.45, 7) is 4.18. The van der Waals surface area contributed by atoms with Crippen molar-refractivity contribution in [3.8, 4) is 0 Å². The van der Waals surface area contributed by atoms with E-state index < -0.39 is 21.9 Å². The Bertz CT molecular complexity index is 177. The monoisotopic (exact) mass is 210 g/mol. The Morgan fingerprint density at radius 1 is 1.25 bits per heavy atom. The molecule has 0 aromatic heterocycles. The Labute approximate surface area is 68.2 Å². The van der Waals surface area contributed by atoms with Crippen molar-refractivity contribution in [3.05, 3.63) is 12.7 Å². The van der Waals surface area contributed by atoms with Crippen LogP contribution in [0.4, 0.5) is 19.4 Å².